The lowest BCUT2D eigenvalue weighted by molar-refractivity contribution is 0.917. The number of nitrogens with two attached hydrogens (primary N) is 4. The highest BCUT2D eigenvalue weighted by Gasteiger charge is 2.04. The maximum absolute atomic E-state index is 6.06. The van der Waals surface area contributed by atoms with Gasteiger partial charge in [0, 0.05) is 11.8 Å². The lowest BCUT2D eigenvalue weighted by Crippen LogP contribution is -2.23. The molecule has 124 valence electrons. The summed E-state index contributed by atoms with van der Waals surface area (Å²) < 4.78 is 0. The number of nitrogens with one attached hydrogen (secondary N) is 2. The van der Waals surface area contributed by atoms with Crippen molar-refractivity contribution < 1.29 is 0 Å². The zero-order chi connectivity index (χ0) is 17.5. The first-order chi connectivity index (χ1) is 11.6. The highest BCUT2D eigenvalue weighted by atomic mass is 15.2. The fourth-order valence-corrected chi connectivity index (χ4v) is 2.31. The zero-order valence-corrected chi connectivity index (χ0v) is 13.3. The van der Waals surface area contributed by atoms with E-state index in [0.29, 0.717) is 17.1 Å². The van der Waals surface area contributed by atoms with E-state index in [0.717, 1.165) is 22.3 Å². The molecule has 0 aliphatic carbocycles. The molecule has 0 aliphatic heterocycles. The molecule has 0 aromatic heterocycles. The Balaban J connectivity index is 2.28. The van der Waals surface area contributed by atoms with E-state index in [9.17, 15) is 0 Å². The zero-order valence-electron chi connectivity index (χ0n) is 13.3. The van der Waals surface area contributed by atoms with Crippen LogP contribution in [0.15, 0.2) is 73.1 Å². The van der Waals surface area contributed by atoms with Crippen molar-refractivity contribution in [3.05, 3.63) is 84.2 Å². The number of allylic oxidation sites excluding steroid dienone is 1. The molecule has 6 heteroatoms. The largest absolute Gasteiger partial charge is 0.403 e. The number of rotatable bonds is 6. The smallest absolute Gasteiger partial charge is 0.0716 e. The van der Waals surface area contributed by atoms with E-state index < -0.39 is 0 Å². The van der Waals surface area contributed by atoms with Crippen molar-refractivity contribution >= 4 is 11.4 Å². The topological polar surface area (TPSA) is 128 Å². The molecule has 0 atom stereocenters. The molecule has 6 nitrogen and oxygen atoms in total. The summed E-state index contributed by atoms with van der Waals surface area (Å²) >= 11 is 0. The van der Waals surface area contributed by atoms with Gasteiger partial charge in [0.05, 0.1) is 17.1 Å². The summed E-state index contributed by atoms with van der Waals surface area (Å²) in [7, 11) is 0. The van der Waals surface area contributed by atoms with Gasteiger partial charge in [-0.25, -0.2) is 0 Å². The average molecular weight is 322 g/mol. The number of hydrogen-bond donors (Lipinski definition) is 6. The Morgan fingerprint density at radius 2 is 1.33 bits per heavy atom. The van der Waals surface area contributed by atoms with Crippen LogP contribution in [-0.4, -0.2) is 0 Å². The summed E-state index contributed by atoms with van der Waals surface area (Å²) in [5, 5.41) is 0. The van der Waals surface area contributed by atoms with E-state index in [1.165, 1.54) is 6.20 Å². The molecule has 0 fully saturated rings. The highest BCUT2D eigenvalue weighted by molar-refractivity contribution is 5.73. The molecule has 0 saturated carbocycles. The van der Waals surface area contributed by atoms with Crippen LogP contribution in [0.1, 0.15) is 11.1 Å². The van der Waals surface area contributed by atoms with Gasteiger partial charge >= 0.3 is 0 Å². The van der Waals surface area contributed by atoms with Crippen LogP contribution in [0.25, 0.3) is 22.5 Å². The van der Waals surface area contributed by atoms with E-state index in [1.54, 1.807) is 6.08 Å². The maximum atomic E-state index is 6.06. The number of hydrazine groups is 2. The third kappa shape index (κ3) is 3.57. The second kappa shape index (κ2) is 7.87. The molecule has 0 saturated heterocycles. The van der Waals surface area contributed by atoms with Gasteiger partial charge in [-0.05, 0) is 22.8 Å². The maximum Gasteiger partial charge on any atom is 0.0716 e. The van der Waals surface area contributed by atoms with Gasteiger partial charge in [-0.15, -0.1) is 0 Å². The second-order valence-electron chi connectivity index (χ2n) is 5.06. The Bertz CT molecular complexity index is 757. The van der Waals surface area contributed by atoms with Gasteiger partial charge in [-0.1, -0.05) is 55.1 Å². The summed E-state index contributed by atoms with van der Waals surface area (Å²) in [6.45, 7) is 3.67. The molecular weight excluding hydrogens is 300 g/mol. The second-order valence-corrected chi connectivity index (χ2v) is 5.06. The number of benzene rings is 2. The molecular formula is C18H22N6. The Morgan fingerprint density at radius 3 is 1.71 bits per heavy atom. The van der Waals surface area contributed by atoms with Gasteiger partial charge in [0.25, 0.3) is 0 Å². The van der Waals surface area contributed by atoms with E-state index in [2.05, 4.69) is 17.4 Å². The van der Waals surface area contributed by atoms with Crippen molar-refractivity contribution in [2.24, 2.45) is 23.2 Å². The van der Waals surface area contributed by atoms with Gasteiger partial charge < -0.3 is 22.3 Å². The first-order valence-corrected chi connectivity index (χ1v) is 7.33. The van der Waals surface area contributed by atoms with Crippen LogP contribution in [0.5, 0.6) is 0 Å². The molecule has 0 unspecified atom stereocenters. The van der Waals surface area contributed by atoms with Gasteiger partial charge in [-0.2, -0.15) is 0 Å². The normalized spacial score (nSPS) is 12.3. The SMILES string of the molecule is C=C/C(NN)=C(/N)c1ccc(-c2ccc(/C(=C/N)NN)cc2)cc1. The van der Waals surface area contributed by atoms with E-state index >= 15 is 0 Å². The van der Waals surface area contributed by atoms with E-state index in [4.69, 9.17) is 23.2 Å². The van der Waals surface area contributed by atoms with Crippen molar-refractivity contribution in [2.45, 2.75) is 0 Å². The van der Waals surface area contributed by atoms with Gasteiger partial charge in [0.2, 0.25) is 0 Å². The summed E-state index contributed by atoms with van der Waals surface area (Å²) in [6.07, 6.45) is 3.01. The van der Waals surface area contributed by atoms with Crippen LogP contribution in [0, 0.1) is 0 Å². The highest BCUT2D eigenvalue weighted by Crippen LogP contribution is 2.23. The van der Waals surface area contributed by atoms with Crippen molar-refractivity contribution in [3.63, 3.8) is 0 Å². The minimum Gasteiger partial charge on any atom is -0.403 e. The summed E-state index contributed by atoms with van der Waals surface area (Å²) in [5.74, 6) is 10.8. The van der Waals surface area contributed by atoms with Crippen LogP contribution < -0.4 is 34.0 Å². The quantitative estimate of drug-likeness (QED) is 0.271. The van der Waals surface area contributed by atoms with E-state index in [-0.39, 0.29) is 0 Å². The predicted molar refractivity (Wildman–Crippen MR) is 100.0 cm³/mol. The molecule has 2 aromatic carbocycles. The Morgan fingerprint density at radius 1 is 0.833 bits per heavy atom. The number of hydrogen-bond acceptors (Lipinski definition) is 6. The van der Waals surface area contributed by atoms with Crippen LogP contribution in [0.3, 0.4) is 0 Å². The molecule has 10 N–H and O–H groups in total. The molecule has 0 heterocycles. The van der Waals surface area contributed by atoms with Gasteiger partial charge in [0.1, 0.15) is 0 Å². The lowest BCUT2D eigenvalue weighted by atomic mass is 10.0. The molecule has 2 aromatic rings. The standard InChI is InChI=1S/C18H22N6/c1-2-16(23-21)18(20)15-9-5-13(6-10-15)12-3-7-14(8-4-12)17(11-19)24-22/h2-11,23-24H,1,19-22H2/b17-11-,18-16-. The first kappa shape index (κ1) is 17.1. The summed E-state index contributed by atoms with van der Waals surface area (Å²) in [4.78, 5) is 0. The summed E-state index contributed by atoms with van der Waals surface area (Å²) in [5.41, 5.74) is 22.4. The van der Waals surface area contributed by atoms with Crippen molar-refractivity contribution in [1.82, 2.24) is 10.9 Å². The minimum absolute atomic E-state index is 0.543. The third-order valence-electron chi connectivity index (χ3n) is 3.70. The van der Waals surface area contributed by atoms with Crippen LogP contribution in [0.4, 0.5) is 0 Å². The van der Waals surface area contributed by atoms with Crippen LogP contribution in [-0.2, 0) is 0 Å². The van der Waals surface area contributed by atoms with Crippen molar-refractivity contribution in [1.29, 1.82) is 0 Å². The molecule has 0 radical (unpaired) electrons. The van der Waals surface area contributed by atoms with Crippen molar-refractivity contribution in [3.8, 4) is 11.1 Å². The minimum atomic E-state index is 0.543. The van der Waals surface area contributed by atoms with Gasteiger partial charge in [-0.3, -0.25) is 11.7 Å². The molecule has 0 bridgehead atoms. The Kier molecular flexibility index (Phi) is 5.62. The van der Waals surface area contributed by atoms with Gasteiger partial charge in [0.15, 0.2) is 0 Å². The fraction of sp³-hybridized carbons (Fsp3) is 0. The van der Waals surface area contributed by atoms with Crippen LogP contribution >= 0.6 is 0 Å². The summed E-state index contributed by atoms with van der Waals surface area (Å²) in [6, 6.07) is 15.8. The lowest BCUT2D eigenvalue weighted by Gasteiger charge is -2.10. The Hall–Kier alpha value is -3.22. The van der Waals surface area contributed by atoms with Crippen molar-refractivity contribution in [2.75, 3.05) is 0 Å². The Labute approximate surface area is 141 Å². The molecule has 24 heavy (non-hydrogen) atoms. The first-order valence-electron chi connectivity index (χ1n) is 7.33. The predicted octanol–water partition coefficient (Wildman–Crippen LogP) is 1.35. The van der Waals surface area contributed by atoms with E-state index in [1.807, 2.05) is 48.5 Å². The molecule has 2 rings (SSSR count). The average Bonchev–Trinajstić information content (AvgIpc) is 2.64. The molecule has 0 spiro atoms. The fourth-order valence-electron chi connectivity index (χ4n) is 2.31. The molecule has 0 aliphatic rings. The molecule has 0 amide bonds. The monoisotopic (exact) mass is 322 g/mol. The third-order valence-corrected chi connectivity index (χ3v) is 3.70. The van der Waals surface area contributed by atoms with Crippen LogP contribution in [0.2, 0.25) is 0 Å².